The van der Waals surface area contributed by atoms with Gasteiger partial charge in [-0.3, -0.25) is 0 Å². The summed E-state index contributed by atoms with van der Waals surface area (Å²) in [7, 11) is 2.16. The lowest BCUT2D eigenvalue weighted by Crippen LogP contribution is -2.31. The van der Waals surface area contributed by atoms with Gasteiger partial charge in [-0.1, -0.05) is 6.07 Å². The second kappa shape index (κ2) is 7.45. The Bertz CT molecular complexity index is 540. The van der Waals surface area contributed by atoms with E-state index in [-0.39, 0.29) is 12.6 Å². The minimum absolute atomic E-state index is 0.0431. The van der Waals surface area contributed by atoms with Gasteiger partial charge in [0, 0.05) is 0 Å². The van der Waals surface area contributed by atoms with Crippen LogP contribution in [0.4, 0.5) is 0 Å². The Kier molecular flexibility index (Phi) is 5.82. The Morgan fingerprint density at radius 1 is 1.26 bits per heavy atom. The molecule has 1 aromatic carbocycles. The zero-order chi connectivity index (χ0) is 17.0. The maximum absolute atomic E-state index is 12.2. The van der Waals surface area contributed by atoms with Gasteiger partial charge in [-0.2, -0.15) is 0 Å². The highest BCUT2D eigenvalue weighted by Crippen LogP contribution is 2.24. The van der Waals surface area contributed by atoms with E-state index in [1.54, 1.807) is 6.07 Å². The molecule has 4 nitrogen and oxygen atoms in total. The van der Waals surface area contributed by atoms with Crippen LogP contribution in [0.1, 0.15) is 55.1 Å². The lowest BCUT2D eigenvalue weighted by atomic mass is 9.88. The molecule has 0 spiro atoms. The van der Waals surface area contributed by atoms with E-state index in [0.717, 1.165) is 30.6 Å². The van der Waals surface area contributed by atoms with Crippen LogP contribution in [0.2, 0.25) is 0 Å². The molecule has 128 valence electrons. The van der Waals surface area contributed by atoms with Crippen molar-refractivity contribution < 1.29 is 14.6 Å². The van der Waals surface area contributed by atoms with E-state index in [1.165, 1.54) is 12.8 Å². The van der Waals surface area contributed by atoms with Gasteiger partial charge in [0.1, 0.15) is 5.60 Å². The first kappa shape index (κ1) is 18.0. The van der Waals surface area contributed by atoms with Crippen molar-refractivity contribution in [3.8, 4) is 0 Å². The van der Waals surface area contributed by atoms with E-state index in [1.807, 2.05) is 32.9 Å². The number of ether oxygens (including phenoxy) is 1. The van der Waals surface area contributed by atoms with Gasteiger partial charge < -0.3 is 14.7 Å². The van der Waals surface area contributed by atoms with E-state index in [0.29, 0.717) is 11.5 Å². The predicted octanol–water partition coefficient (Wildman–Crippen LogP) is 3.02. The summed E-state index contributed by atoms with van der Waals surface area (Å²) in [5.41, 5.74) is 1.99. The van der Waals surface area contributed by atoms with Crippen LogP contribution in [0, 0.1) is 5.92 Å². The Balaban J connectivity index is 2.08. The number of esters is 1. The van der Waals surface area contributed by atoms with Gasteiger partial charge in [-0.05, 0) is 89.3 Å². The molecule has 0 amide bonds. The average molecular weight is 319 g/mol. The van der Waals surface area contributed by atoms with Crippen molar-refractivity contribution >= 4 is 5.97 Å². The van der Waals surface area contributed by atoms with E-state index in [2.05, 4.69) is 11.9 Å². The normalized spacial score (nSPS) is 17.3. The summed E-state index contributed by atoms with van der Waals surface area (Å²) in [6, 6.07) is 5.57. The number of benzene rings is 1. The summed E-state index contributed by atoms with van der Waals surface area (Å²) >= 11 is 0. The molecule has 4 heteroatoms. The van der Waals surface area contributed by atoms with E-state index < -0.39 is 5.60 Å². The van der Waals surface area contributed by atoms with Crippen molar-refractivity contribution in [1.82, 2.24) is 4.90 Å². The molecule has 0 aromatic heterocycles. The molecule has 1 aromatic rings. The Hall–Kier alpha value is -1.39. The minimum Gasteiger partial charge on any atom is -0.456 e. The first-order valence-electron chi connectivity index (χ1n) is 8.43. The van der Waals surface area contributed by atoms with Gasteiger partial charge in [0.25, 0.3) is 0 Å². The summed E-state index contributed by atoms with van der Waals surface area (Å²) in [5, 5.41) is 9.67. The molecule has 0 atom stereocenters. The fourth-order valence-corrected chi connectivity index (χ4v) is 3.01. The third-order valence-corrected chi connectivity index (χ3v) is 4.36. The van der Waals surface area contributed by atoms with E-state index in [9.17, 15) is 9.90 Å². The summed E-state index contributed by atoms with van der Waals surface area (Å²) in [6.45, 7) is 7.79. The second-order valence-electron chi connectivity index (χ2n) is 7.59. The summed E-state index contributed by atoms with van der Waals surface area (Å²) in [6.07, 6.45) is 3.35. The number of likely N-dealkylation sites (tertiary alicyclic amines) is 1. The topological polar surface area (TPSA) is 49.8 Å². The van der Waals surface area contributed by atoms with Crippen LogP contribution in [-0.2, 0) is 17.8 Å². The Morgan fingerprint density at radius 2 is 1.91 bits per heavy atom. The number of carbonyl (C=O) groups excluding carboxylic acids is 1. The van der Waals surface area contributed by atoms with Crippen LogP contribution in [-0.4, -0.2) is 41.7 Å². The molecule has 23 heavy (non-hydrogen) atoms. The second-order valence-corrected chi connectivity index (χ2v) is 7.59. The van der Waals surface area contributed by atoms with E-state index in [4.69, 9.17) is 4.74 Å². The van der Waals surface area contributed by atoms with Gasteiger partial charge in [0.15, 0.2) is 0 Å². The summed E-state index contributed by atoms with van der Waals surface area (Å²) in [5.74, 6) is 0.321. The molecule has 1 heterocycles. The Morgan fingerprint density at radius 3 is 2.48 bits per heavy atom. The molecule has 0 bridgehead atoms. The zero-order valence-electron chi connectivity index (χ0n) is 14.8. The van der Waals surface area contributed by atoms with Gasteiger partial charge >= 0.3 is 5.97 Å². The van der Waals surface area contributed by atoms with Crippen LogP contribution >= 0.6 is 0 Å². The van der Waals surface area contributed by atoms with Crippen molar-refractivity contribution in [2.45, 2.75) is 52.2 Å². The number of aliphatic hydroxyl groups excluding tert-OH is 1. The lowest BCUT2D eigenvalue weighted by molar-refractivity contribution is 0.00693. The molecule has 1 N–H and O–H groups in total. The van der Waals surface area contributed by atoms with Crippen molar-refractivity contribution in [2.24, 2.45) is 5.92 Å². The standard InChI is InChI=1S/C19H29NO3/c1-19(2,3)23-18(22)16-6-5-15(17(12-16)13-21)11-14-7-9-20(4)10-8-14/h5-6,12,14,21H,7-11,13H2,1-4H3. The number of hydrogen-bond donors (Lipinski definition) is 1. The number of nitrogens with zero attached hydrogens (tertiary/aromatic N) is 1. The number of aliphatic hydroxyl groups is 1. The number of carbonyl (C=O) groups is 1. The molecule has 0 unspecified atom stereocenters. The number of rotatable bonds is 4. The minimum atomic E-state index is -0.511. The van der Waals surface area contributed by atoms with Gasteiger partial charge in [-0.25, -0.2) is 4.79 Å². The van der Waals surface area contributed by atoms with Crippen molar-refractivity contribution in [2.75, 3.05) is 20.1 Å². The first-order chi connectivity index (χ1) is 10.8. The van der Waals surface area contributed by atoms with Crippen LogP contribution in [0.15, 0.2) is 18.2 Å². The first-order valence-corrected chi connectivity index (χ1v) is 8.43. The van der Waals surface area contributed by atoms with Gasteiger partial charge in [0.2, 0.25) is 0 Å². The molecular formula is C19H29NO3. The van der Waals surface area contributed by atoms with Crippen molar-refractivity contribution in [3.63, 3.8) is 0 Å². The molecular weight excluding hydrogens is 290 g/mol. The highest BCUT2D eigenvalue weighted by Gasteiger charge is 2.21. The number of piperidine rings is 1. The molecule has 1 aliphatic heterocycles. The lowest BCUT2D eigenvalue weighted by Gasteiger charge is -2.29. The zero-order valence-corrected chi connectivity index (χ0v) is 14.8. The fourth-order valence-electron chi connectivity index (χ4n) is 3.01. The highest BCUT2D eigenvalue weighted by atomic mass is 16.6. The van der Waals surface area contributed by atoms with Crippen LogP contribution in [0.3, 0.4) is 0 Å². The molecule has 1 aliphatic rings. The molecule has 2 rings (SSSR count). The maximum Gasteiger partial charge on any atom is 0.338 e. The SMILES string of the molecule is CN1CCC(Cc2ccc(C(=O)OC(C)(C)C)cc2CO)CC1. The fraction of sp³-hybridized carbons (Fsp3) is 0.632. The Labute approximate surface area is 139 Å². The molecule has 0 saturated carbocycles. The molecule has 0 aliphatic carbocycles. The van der Waals surface area contributed by atoms with E-state index >= 15 is 0 Å². The maximum atomic E-state index is 12.2. The average Bonchev–Trinajstić information content (AvgIpc) is 2.48. The third kappa shape index (κ3) is 5.33. The quantitative estimate of drug-likeness (QED) is 0.867. The smallest absolute Gasteiger partial charge is 0.338 e. The van der Waals surface area contributed by atoms with Crippen LogP contribution in [0.25, 0.3) is 0 Å². The summed E-state index contributed by atoms with van der Waals surface area (Å²) < 4.78 is 5.40. The summed E-state index contributed by atoms with van der Waals surface area (Å²) in [4.78, 5) is 14.5. The molecule has 1 saturated heterocycles. The van der Waals surface area contributed by atoms with Crippen LogP contribution < -0.4 is 0 Å². The molecule has 1 fully saturated rings. The van der Waals surface area contributed by atoms with Crippen molar-refractivity contribution in [3.05, 3.63) is 34.9 Å². The largest absolute Gasteiger partial charge is 0.456 e. The van der Waals surface area contributed by atoms with Gasteiger partial charge in [-0.15, -0.1) is 0 Å². The monoisotopic (exact) mass is 319 g/mol. The predicted molar refractivity (Wildman–Crippen MR) is 91.5 cm³/mol. The van der Waals surface area contributed by atoms with Gasteiger partial charge in [0.05, 0.1) is 12.2 Å². The highest BCUT2D eigenvalue weighted by molar-refractivity contribution is 5.90. The molecule has 0 radical (unpaired) electrons. The third-order valence-electron chi connectivity index (χ3n) is 4.36. The number of hydrogen-bond acceptors (Lipinski definition) is 4. The van der Waals surface area contributed by atoms with Crippen LogP contribution in [0.5, 0.6) is 0 Å². The van der Waals surface area contributed by atoms with Crippen molar-refractivity contribution in [1.29, 1.82) is 0 Å².